The SMILES string of the molecule is C=CCO[C@@H]1CO[C@]2(CCCN(Cc3ccc(OC)cc3)C2)C1. The molecule has 0 unspecified atom stereocenters. The number of hydrogen-bond donors (Lipinski definition) is 0. The zero-order chi connectivity index (χ0) is 16.1. The average Bonchev–Trinajstić information content (AvgIpc) is 2.96. The van der Waals surface area contributed by atoms with E-state index in [0.717, 1.165) is 38.2 Å². The van der Waals surface area contributed by atoms with Gasteiger partial charge >= 0.3 is 0 Å². The minimum absolute atomic E-state index is 0.0173. The van der Waals surface area contributed by atoms with Gasteiger partial charge in [-0.3, -0.25) is 4.90 Å². The van der Waals surface area contributed by atoms with Crippen LogP contribution in [0.3, 0.4) is 0 Å². The van der Waals surface area contributed by atoms with E-state index in [0.29, 0.717) is 13.2 Å². The molecular formula is C19H27NO3. The van der Waals surface area contributed by atoms with E-state index in [1.807, 2.05) is 18.2 Å². The van der Waals surface area contributed by atoms with E-state index in [1.54, 1.807) is 7.11 Å². The standard InChI is InChI=1S/C19H27NO3/c1-3-11-22-18-12-19(23-14-18)9-4-10-20(15-19)13-16-5-7-17(21-2)8-6-16/h3,5-8,18H,1,4,9-15H2,2H3/t18-,19+/m0/s1. The molecule has 1 aromatic rings. The topological polar surface area (TPSA) is 30.9 Å². The van der Waals surface area contributed by atoms with Crippen LogP contribution in [0.4, 0.5) is 0 Å². The van der Waals surface area contributed by atoms with E-state index in [9.17, 15) is 0 Å². The van der Waals surface area contributed by atoms with Crippen molar-refractivity contribution in [3.63, 3.8) is 0 Å². The van der Waals surface area contributed by atoms with Gasteiger partial charge in [-0.25, -0.2) is 0 Å². The lowest BCUT2D eigenvalue weighted by molar-refractivity contribution is -0.0544. The van der Waals surface area contributed by atoms with Gasteiger partial charge in [0.15, 0.2) is 0 Å². The monoisotopic (exact) mass is 317 g/mol. The van der Waals surface area contributed by atoms with Gasteiger partial charge in [-0.15, -0.1) is 6.58 Å². The van der Waals surface area contributed by atoms with Crippen LogP contribution in [0.25, 0.3) is 0 Å². The molecule has 2 saturated heterocycles. The number of rotatable bonds is 6. The van der Waals surface area contributed by atoms with E-state index in [4.69, 9.17) is 14.2 Å². The van der Waals surface area contributed by atoms with E-state index < -0.39 is 0 Å². The Morgan fingerprint density at radius 3 is 2.96 bits per heavy atom. The lowest BCUT2D eigenvalue weighted by Gasteiger charge is -2.39. The molecule has 0 N–H and O–H groups in total. The van der Waals surface area contributed by atoms with Gasteiger partial charge in [0.1, 0.15) is 5.75 Å². The molecule has 0 bridgehead atoms. The number of hydrogen-bond acceptors (Lipinski definition) is 4. The summed E-state index contributed by atoms with van der Waals surface area (Å²) in [4.78, 5) is 2.50. The largest absolute Gasteiger partial charge is 0.497 e. The van der Waals surface area contributed by atoms with Crippen molar-refractivity contribution in [1.29, 1.82) is 0 Å². The summed E-state index contributed by atoms with van der Waals surface area (Å²) < 4.78 is 17.2. The van der Waals surface area contributed by atoms with Gasteiger partial charge < -0.3 is 14.2 Å². The summed E-state index contributed by atoms with van der Waals surface area (Å²) in [5.74, 6) is 0.908. The van der Waals surface area contributed by atoms with Gasteiger partial charge in [0.2, 0.25) is 0 Å². The molecule has 2 aliphatic rings. The first kappa shape index (κ1) is 16.5. The van der Waals surface area contributed by atoms with Crippen LogP contribution in [0.15, 0.2) is 36.9 Å². The summed E-state index contributed by atoms with van der Waals surface area (Å²) in [5, 5.41) is 0. The zero-order valence-corrected chi connectivity index (χ0v) is 14.0. The zero-order valence-electron chi connectivity index (χ0n) is 14.0. The normalized spacial score (nSPS) is 28.1. The summed E-state index contributed by atoms with van der Waals surface area (Å²) in [6, 6.07) is 8.35. The Bertz CT molecular complexity index is 516. The summed E-state index contributed by atoms with van der Waals surface area (Å²) in [6.45, 7) is 8.13. The van der Waals surface area contributed by atoms with Crippen LogP contribution in [0.2, 0.25) is 0 Å². The summed E-state index contributed by atoms with van der Waals surface area (Å²) in [5.41, 5.74) is 1.30. The quantitative estimate of drug-likeness (QED) is 0.755. The van der Waals surface area contributed by atoms with Gasteiger partial charge in [-0.1, -0.05) is 18.2 Å². The van der Waals surface area contributed by atoms with Crippen LogP contribution >= 0.6 is 0 Å². The molecule has 2 atom stereocenters. The number of piperidine rings is 1. The molecule has 0 radical (unpaired) electrons. The smallest absolute Gasteiger partial charge is 0.118 e. The summed E-state index contributed by atoms with van der Waals surface area (Å²) >= 11 is 0. The van der Waals surface area contributed by atoms with Gasteiger partial charge in [0, 0.05) is 19.5 Å². The molecule has 3 rings (SSSR count). The first-order valence-corrected chi connectivity index (χ1v) is 8.45. The third-order valence-electron chi connectivity index (χ3n) is 4.81. The number of likely N-dealkylation sites (tertiary alicyclic amines) is 1. The van der Waals surface area contributed by atoms with Gasteiger partial charge in [0.05, 0.1) is 32.0 Å². The predicted molar refractivity (Wildman–Crippen MR) is 90.7 cm³/mol. The molecule has 126 valence electrons. The lowest BCUT2D eigenvalue weighted by Crippen LogP contribution is -2.47. The number of benzene rings is 1. The van der Waals surface area contributed by atoms with E-state index >= 15 is 0 Å². The first-order chi connectivity index (χ1) is 11.2. The van der Waals surface area contributed by atoms with Crippen LogP contribution in [-0.4, -0.2) is 50.0 Å². The molecule has 2 heterocycles. The van der Waals surface area contributed by atoms with Gasteiger partial charge in [-0.05, 0) is 37.1 Å². The molecule has 4 heteroatoms. The fourth-order valence-corrected chi connectivity index (χ4v) is 3.71. The molecule has 1 aromatic carbocycles. The van der Waals surface area contributed by atoms with Gasteiger partial charge in [0.25, 0.3) is 0 Å². The Hall–Kier alpha value is -1.36. The molecule has 0 amide bonds. The molecular weight excluding hydrogens is 290 g/mol. The summed E-state index contributed by atoms with van der Waals surface area (Å²) in [7, 11) is 1.70. The molecule has 1 spiro atoms. The van der Waals surface area contributed by atoms with Crippen molar-refractivity contribution in [3.8, 4) is 5.75 Å². The first-order valence-electron chi connectivity index (χ1n) is 8.45. The van der Waals surface area contributed by atoms with Crippen LogP contribution in [0.1, 0.15) is 24.8 Å². The number of ether oxygens (including phenoxy) is 3. The van der Waals surface area contributed by atoms with Crippen LogP contribution in [-0.2, 0) is 16.0 Å². The molecule has 2 fully saturated rings. The van der Waals surface area contributed by atoms with E-state index in [-0.39, 0.29) is 11.7 Å². The van der Waals surface area contributed by atoms with Crippen molar-refractivity contribution in [2.45, 2.75) is 37.5 Å². The second kappa shape index (κ2) is 7.47. The highest BCUT2D eigenvalue weighted by molar-refractivity contribution is 5.27. The second-order valence-corrected chi connectivity index (χ2v) is 6.60. The average molecular weight is 317 g/mol. The van der Waals surface area contributed by atoms with Crippen molar-refractivity contribution in [1.82, 2.24) is 4.90 Å². The third kappa shape index (κ3) is 4.14. The lowest BCUT2D eigenvalue weighted by atomic mass is 9.89. The molecule has 4 nitrogen and oxygen atoms in total. The van der Waals surface area contributed by atoms with Crippen molar-refractivity contribution in [3.05, 3.63) is 42.5 Å². The van der Waals surface area contributed by atoms with Crippen molar-refractivity contribution in [2.24, 2.45) is 0 Å². The predicted octanol–water partition coefficient (Wildman–Crippen LogP) is 3.02. The Labute approximate surface area is 139 Å². The molecule has 2 aliphatic heterocycles. The molecule has 0 aromatic heterocycles. The maximum Gasteiger partial charge on any atom is 0.118 e. The minimum Gasteiger partial charge on any atom is -0.497 e. The fraction of sp³-hybridized carbons (Fsp3) is 0.579. The minimum atomic E-state index is -0.0173. The maximum absolute atomic E-state index is 6.17. The Balaban J connectivity index is 1.56. The van der Waals surface area contributed by atoms with Crippen molar-refractivity contribution < 1.29 is 14.2 Å². The van der Waals surface area contributed by atoms with Crippen LogP contribution < -0.4 is 4.74 Å². The van der Waals surface area contributed by atoms with Crippen LogP contribution in [0.5, 0.6) is 5.75 Å². The highest BCUT2D eigenvalue weighted by Crippen LogP contribution is 2.36. The molecule has 0 saturated carbocycles. The fourth-order valence-electron chi connectivity index (χ4n) is 3.71. The Morgan fingerprint density at radius 1 is 1.39 bits per heavy atom. The second-order valence-electron chi connectivity index (χ2n) is 6.60. The number of methoxy groups -OCH3 is 1. The summed E-state index contributed by atoms with van der Waals surface area (Å²) in [6.07, 6.45) is 5.35. The highest BCUT2D eigenvalue weighted by Gasteiger charge is 2.43. The van der Waals surface area contributed by atoms with Crippen molar-refractivity contribution in [2.75, 3.05) is 33.4 Å². The molecule has 0 aliphatic carbocycles. The Kier molecular flexibility index (Phi) is 5.36. The van der Waals surface area contributed by atoms with E-state index in [1.165, 1.54) is 12.0 Å². The Morgan fingerprint density at radius 2 is 2.22 bits per heavy atom. The van der Waals surface area contributed by atoms with Crippen molar-refractivity contribution >= 4 is 0 Å². The van der Waals surface area contributed by atoms with E-state index in [2.05, 4.69) is 23.6 Å². The maximum atomic E-state index is 6.17. The molecule has 23 heavy (non-hydrogen) atoms. The highest BCUT2D eigenvalue weighted by atomic mass is 16.6. The van der Waals surface area contributed by atoms with Gasteiger partial charge in [-0.2, -0.15) is 0 Å². The third-order valence-corrected chi connectivity index (χ3v) is 4.81. The number of nitrogens with zero attached hydrogens (tertiary/aromatic N) is 1. The van der Waals surface area contributed by atoms with Crippen LogP contribution in [0, 0.1) is 0 Å².